The van der Waals surface area contributed by atoms with Crippen molar-refractivity contribution in [1.82, 2.24) is 9.55 Å². The van der Waals surface area contributed by atoms with Crippen molar-refractivity contribution in [2.75, 3.05) is 16.5 Å². The highest BCUT2D eigenvalue weighted by molar-refractivity contribution is 6.09. The summed E-state index contributed by atoms with van der Waals surface area (Å²) in [5.41, 5.74) is 9.40. The SMILES string of the molecule is CC(C)(C)c1cccc(N2CN(c3cccc(Oc4ccc5c6ccccc6n(-c6cc(C(C)(C)C)ccn6)c5c4)c3)C=C2c2ccccc2)c1. The van der Waals surface area contributed by atoms with Crippen molar-refractivity contribution < 1.29 is 4.74 Å². The Bertz CT molecular complexity index is 2410. The van der Waals surface area contributed by atoms with Crippen molar-refractivity contribution in [2.24, 2.45) is 0 Å². The van der Waals surface area contributed by atoms with Crippen LogP contribution in [0.3, 0.4) is 0 Å². The highest BCUT2D eigenvalue weighted by Crippen LogP contribution is 2.39. The Morgan fingerprint density at radius 2 is 1.25 bits per heavy atom. The molecular formula is C46H44N4O. The van der Waals surface area contributed by atoms with Crippen LogP contribution in [-0.4, -0.2) is 16.2 Å². The molecule has 1 aliphatic rings. The predicted octanol–water partition coefficient (Wildman–Crippen LogP) is 11.8. The van der Waals surface area contributed by atoms with E-state index in [1.165, 1.54) is 33.2 Å². The van der Waals surface area contributed by atoms with Gasteiger partial charge in [-0.25, -0.2) is 4.98 Å². The Balaban J connectivity index is 1.14. The maximum Gasteiger partial charge on any atom is 0.137 e. The molecule has 0 saturated carbocycles. The molecule has 0 spiro atoms. The van der Waals surface area contributed by atoms with Gasteiger partial charge in [0.15, 0.2) is 0 Å². The molecular weight excluding hydrogens is 625 g/mol. The number of hydrogen-bond acceptors (Lipinski definition) is 4. The molecule has 5 nitrogen and oxygen atoms in total. The maximum atomic E-state index is 6.63. The Hall–Kier alpha value is -5.81. The van der Waals surface area contributed by atoms with Gasteiger partial charge in [-0.1, -0.05) is 108 Å². The standard InChI is InChI=1S/C46H44N4O/c1-45(2,3)33-16-12-18-36(26-33)49-31-48(30-43(49)32-14-8-7-9-15-32)35-17-13-19-37(28-35)51-38-22-23-40-39-20-10-11-21-41(39)50(42(40)29-38)44-27-34(24-25-47-44)46(4,5)6/h7-30H,31H2,1-6H3. The molecule has 7 aromatic rings. The van der Waals surface area contributed by atoms with Gasteiger partial charge in [0.2, 0.25) is 0 Å². The molecule has 0 atom stereocenters. The third-order valence-corrected chi connectivity index (χ3v) is 9.83. The van der Waals surface area contributed by atoms with Crippen LogP contribution in [0.2, 0.25) is 0 Å². The number of rotatable bonds is 6. The topological polar surface area (TPSA) is 33.5 Å². The molecule has 0 unspecified atom stereocenters. The Labute approximate surface area is 301 Å². The summed E-state index contributed by atoms with van der Waals surface area (Å²) >= 11 is 0. The van der Waals surface area contributed by atoms with Gasteiger partial charge in [0.25, 0.3) is 0 Å². The van der Waals surface area contributed by atoms with E-state index in [1.54, 1.807) is 0 Å². The highest BCUT2D eigenvalue weighted by atomic mass is 16.5. The second-order valence-corrected chi connectivity index (χ2v) is 15.5. The van der Waals surface area contributed by atoms with E-state index in [9.17, 15) is 0 Å². The second-order valence-electron chi connectivity index (χ2n) is 15.5. The fourth-order valence-electron chi connectivity index (χ4n) is 6.97. The molecule has 51 heavy (non-hydrogen) atoms. The number of ether oxygens (including phenoxy) is 1. The zero-order valence-corrected chi connectivity index (χ0v) is 30.3. The second kappa shape index (κ2) is 12.5. The van der Waals surface area contributed by atoms with Gasteiger partial charge in [0.1, 0.15) is 17.3 Å². The van der Waals surface area contributed by atoms with Crippen molar-refractivity contribution in [3.05, 3.63) is 163 Å². The Morgan fingerprint density at radius 3 is 2.06 bits per heavy atom. The molecule has 8 rings (SSSR count). The first kappa shape index (κ1) is 32.4. The molecule has 254 valence electrons. The van der Waals surface area contributed by atoms with Crippen molar-refractivity contribution in [1.29, 1.82) is 0 Å². The fraction of sp³-hybridized carbons (Fsp3) is 0.196. The first-order valence-corrected chi connectivity index (χ1v) is 17.7. The number of anilines is 2. The summed E-state index contributed by atoms with van der Waals surface area (Å²) in [6.45, 7) is 14.2. The fourth-order valence-corrected chi connectivity index (χ4v) is 6.97. The summed E-state index contributed by atoms with van der Waals surface area (Å²) in [6.07, 6.45) is 4.17. The van der Waals surface area contributed by atoms with E-state index < -0.39 is 0 Å². The lowest BCUT2D eigenvalue weighted by atomic mass is 9.87. The summed E-state index contributed by atoms with van der Waals surface area (Å²) in [5.74, 6) is 2.46. The van der Waals surface area contributed by atoms with Gasteiger partial charge in [0, 0.05) is 46.7 Å². The predicted molar refractivity (Wildman–Crippen MR) is 213 cm³/mol. The van der Waals surface area contributed by atoms with E-state index in [2.05, 4.69) is 190 Å². The van der Waals surface area contributed by atoms with Crippen molar-refractivity contribution in [3.8, 4) is 17.3 Å². The normalized spacial score (nSPS) is 13.6. The molecule has 0 amide bonds. The molecule has 0 saturated heterocycles. The van der Waals surface area contributed by atoms with Gasteiger partial charge in [-0.15, -0.1) is 0 Å². The van der Waals surface area contributed by atoms with Crippen molar-refractivity contribution in [2.45, 2.75) is 52.4 Å². The lowest BCUT2D eigenvalue weighted by Crippen LogP contribution is -2.26. The van der Waals surface area contributed by atoms with E-state index in [0.717, 1.165) is 39.7 Å². The highest BCUT2D eigenvalue weighted by Gasteiger charge is 2.26. The van der Waals surface area contributed by atoms with E-state index >= 15 is 0 Å². The lowest BCUT2D eigenvalue weighted by molar-refractivity contribution is 0.483. The summed E-state index contributed by atoms with van der Waals surface area (Å²) in [6, 6.07) is 47.2. The van der Waals surface area contributed by atoms with E-state index in [4.69, 9.17) is 9.72 Å². The van der Waals surface area contributed by atoms with Crippen LogP contribution in [0.5, 0.6) is 11.5 Å². The zero-order valence-electron chi connectivity index (χ0n) is 30.3. The lowest BCUT2D eigenvalue weighted by Gasteiger charge is -2.27. The molecule has 0 radical (unpaired) electrons. The van der Waals surface area contributed by atoms with Crippen molar-refractivity contribution >= 4 is 38.9 Å². The van der Waals surface area contributed by atoms with Crippen LogP contribution in [0.1, 0.15) is 58.2 Å². The summed E-state index contributed by atoms with van der Waals surface area (Å²) in [7, 11) is 0. The number of para-hydroxylation sites is 1. The van der Waals surface area contributed by atoms with Gasteiger partial charge in [-0.3, -0.25) is 4.57 Å². The van der Waals surface area contributed by atoms with Gasteiger partial charge in [-0.05, 0) is 82.1 Å². The third kappa shape index (κ3) is 6.25. The third-order valence-electron chi connectivity index (χ3n) is 9.83. The van der Waals surface area contributed by atoms with E-state index in [-0.39, 0.29) is 10.8 Å². The average molecular weight is 669 g/mol. The first-order chi connectivity index (χ1) is 24.5. The molecule has 5 aromatic carbocycles. The number of pyridine rings is 1. The van der Waals surface area contributed by atoms with Crippen molar-refractivity contribution in [3.63, 3.8) is 0 Å². The number of benzene rings is 5. The number of fused-ring (bicyclic) bond motifs is 3. The monoisotopic (exact) mass is 668 g/mol. The smallest absolute Gasteiger partial charge is 0.137 e. The van der Waals surface area contributed by atoms with Crippen LogP contribution >= 0.6 is 0 Å². The molecule has 0 N–H and O–H groups in total. The van der Waals surface area contributed by atoms with Crippen LogP contribution in [0.4, 0.5) is 11.4 Å². The number of aromatic nitrogens is 2. The van der Waals surface area contributed by atoms with Crippen LogP contribution < -0.4 is 14.5 Å². The van der Waals surface area contributed by atoms with Crippen LogP contribution in [0.15, 0.2) is 146 Å². The van der Waals surface area contributed by atoms with Crippen LogP contribution in [0.25, 0.3) is 33.3 Å². The van der Waals surface area contributed by atoms with Crippen LogP contribution in [0, 0.1) is 0 Å². The molecule has 0 bridgehead atoms. The molecule has 3 heterocycles. The Kier molecular flexibility index (Phi) is 7.94. The van der Waals surface area contributed by atoms with Gasteiger partial charge in [0.05, 0.1) is 23.4 Å². The average Bonchev–Trinajstić information content (AvgIpc) is 3.72. The quantitative estimate of drug-likeness (QED) is 0.177. The minimum atomic E-state index is 0.00955. The molecule has 1 aliphatic heterocycles. The van der Waals surface area contributed by atoms with E-state index in [0.29, 0.717) is 6.67 Å². The molecule has 2 aromatic heterocycles. The van der Waals surface area contributed by atoms with E-state index in [1.807, 2.05) is 12.3 Å². The molecule has 0 aliphatic carbocycles. The largest absolute Gasteiger partial charge is 0.457 e. The minimum Gasteiger partial charge on any atom is -0.457 e. The number of nitrogens with zero attached hydrogens (tertiary/aromatic N) is 4. The van der Waals surface area contributed by atoms with Crippen LogP contribution in [-0.2, 0) is 10.8 Å². The summed E-state index contributed by atoms with van der Waals surface area (Å²) < 4.78 is 8.89. The molecule has 5 heteroatoms. The summed E-state index contributed by atoms with van der Waals surface area (Å²) in [5, 5.41) is 2.36. The number of hydrogen-bond donors (Lipinski definition) is 0. The molecule has 0 fully saturated rings. The zero-order chi connectivity index (χ0) is 35.3. The van der Waals surface area contributed by atoms with Gasteiger partial charge < -0.3 is 14.5 Å². The minimum absolute atomic E-state index is 0.00955. The van der Waals surface area contributed by atoms with Gasteiger partial charge in [-0.2, -0.15) is 0 Å². The Morgan fingerprint density at radius 1 is 0.569 bits per heavy atom. The summed E-state index contributed by atoms with van der Waals surface area (Å²) in [4.78, 5) is 9.54. The maximum absolute atomic E-state index is 6.63. The van der Waals surface area contributed by atoms with Gasteiger partial charge >= 0.3 is 0 Å². The first-order valence-electron chi connectivity index (χ1n) is 17.7.